The van der Waals surface area contributed by atoms with E-state index >= 15 is 0 Å². The molecule has 2 aromatic rings. The van der Waals surface area contributed by atoms with E-state index in [4.69, 9.17) is 27.9 Å². The van der Waals surface area contributed by atoms with Crippen molar-refractivity contribution in [2.24, 2.45) is 5.10 Å². The molecule has 2 rings (SSSR count). The lowest BCUT2D eigenvalue weighted by atomic mass is 10.2. The highest BCUT2D eigenvalue weighted by atomic mass is 35.5. The number of carbonyl (C=O) groups is 2. The molecule has 0 aliphatic rings. The average molecular weight is 380 g/mol. The number of hydrogen-bond acceptors (Lipinski definition) is 4. The summed E-state index contributed by atoms with van der Waals surface area (Å²) in [6, 6.07) is 11.7. The Bertz CT molecular complexity index is 809. The van der Waals surface area contributed by atoms with Gasteiger partial charge in [-0.05, 0) is 35.9 Å². The van der Waals surface area contributed by atoms with Crippen molar-refractivity contribution >= 4 is 41.2 Å². The highest BCUT2D eigenvalue weighted by Gasteiger charge is 2.11. The summed E-state index contributed by atoms with van der Waals surface area (Å²) < 4.78 is 5.09. The first-order valence-corrected chi connectivity index (χ1v) is 7.94. The van der Waals surface area contributed by atoms with Crippen LogP contribution < -0.4 is 15.5 Å². The second-order valence-corrected chi connectivity index (χ2v) is 5.72. The van der Waals surface area contributed by atoms with Gasteiger partial charge in [-0.15, -0.1) is 0 Å². The molecule has 2 aromatic carbocycles. The molecule has 0 fully saturated rings. The van der Waals surface area contributed by atoms with Gasteiger partial charge in [-0.1, -0.05) is 35.3 Å². The zero-order chi connectivity index (χ0) is 18.2. The third-order valence-corrected chi connectivity index (χ3v) is 3.63. The number of amides is 2. The Kier molecular flexibility index (Phi) is 6.80. The van der Waals surface area contributed by atoms with Crippen molar-refractivity contribution in [1.82, 2.24) is 10.7 Å². The maximum Gasteiger partial charge on any atom is 0.259 e. The van der Waals surface area contributed by atoms with Gasteiger partial charge in [0.1, 0.15) is 5.75 Å². The van der Waals surface area contributed by atoms with E-state index in [1.54, 1.807) is 31.4 Å². The fourth-order valence-corrected chi connectivity index (χ4v) is 2.36. The topological polar surface area (TPSA) is 79.8 Å². The third-order valence-electron chi connectivity index (χ3n) is 3.08. The van der Waals surface area contributed by atoms with E-state index in [-0.39, 0.29) is 17.1 Å². The molecule has 8 heteroatoms. The Balaban J connectivity index is 1.83. The van der Waals surface area contributed by atoms with Crippen molar-refractivity contribution < 1.29 is 14.3 Å². The molecule has 0 unspecified atom stereocenters. The van der Waals surface area contributed by atoms with Crippen molar-refractivity contribution in [3.8, 4) is 5.75 Å². The molecular formula is C17H15Cl2N3O3. The van der Waals surface area contributed by atoms with Gasteiger partial charge in [-0.25, -0.2) is 5.43 Å². The van der Waals surface area contributed by atoms with Crippen LogP contribution in [0.1, 0.15) is 15.9 Å². The number of carbonyl (C=O) groups excluding carboxylic acids is 2. The van der Waals surface area contributed by atoms with Crippen LogP contribution in [-0.2, 0) is 4.79 Å². The van der Waals surface area contributed by atoms with E-state index in [9.17, 15) is 9.59 Å². The molecule has 0 spiro atoms. The van der Waals surface area contributed by atoms with Crippen LogP contribution >= 0.6 is 23.2 Å². The minimum Gasteiger partial charge on any atom is -0.497 e. The van der Waals surface area contributed by atoms with Gasteiger partial charge in [0.05, 0.1) is 30.5 Å². The lowest BCUT2D eigenvalue weighted by molar-refractivity contribution is -0.120. The molecule has 130 valence electrons. The zero-order valence-corrected chi connectivity index (χ0v) is 14.8. The SMILES string of the molecule is COc1cccc(/C=N/NC(=O)CNC(=O)c2ccc(Cl)cc2Cl)c1. The molecule has 0 aromatic heterocycles. The summed E-state index contributed by atoms with van der Waals surface area (Å²) in [5.74, 6) is -0.270. The monoisotopic (exact) mass is 379 g/mol. The maximum absolute atomic E-state index is 12.0. The van der Waals surface area contributed by atoms with E-state index < -0.39 is 11.8 Å². The molecule has 6 nitrogen and oxygen atoms in total. The first-order chi connectivity index (χ1) is 12.0. The number of halogens is 2. The first kappa shape index (κ1) is 18.8. The molecule has 0 heterocycles. The Morgan fingerprint density at radius 2 is 2.00 bits per heavy atom. The van der Waals surface area contributed by atoms with Crippen LogP contribution in [0.5, 0.6) is 5.75 Å². The van der Waals surface area contributed by atoms with Crippen molar-refractivity contribution in [3.63, 3.8) is 0 Å². The summed E-state index contributed by atoms with van der Waals surface area (Å²) in [5, 5.41) is 6.91. The van der Waals surface area contributed by atoms with Gasteiger partial charge < -0.3 is 10.1 Å². The highest BCUT2D eigenvalue weighted by molar-refractivity contribution is 6.36. The lowest BCUT2D eigenvalue weighted by Crippen LogP contribution is -2.35. The summed E-state index contributed by atoms with van der Waals surface area (Å²) in [5.41, 5.74) is 3.32. The summed E-state index contributed by atoms with van der Waals surface area (Å²) in [7, 11) is 1.56. The number of benzene rings is 2. The Morgan fingerprint density at radius 3 is 2.72 bits per heavy atom. The third kappa shape index (κ3) is 5.77. The predicted molar refractivity (Wildman–Crippen MR) is 97.5 cm³/mol. The van der Waals surface area contributed by atoms with Gasteiger partial charge in [-0.2, -0.15) is 5.10 Å². The van der Waals surface area contributed by atoms with Crippen LogP contribution in [0.15, 0.2) is 47.6 Å². The standard InChI is InChI=1S/C17H15Cl2N3O3/c1-25-13-4-2-3-11(7-13)9-21-22-16(23)10-20-17(24)14-6-5-12(18)8-15(14)19/h2-9H,10H2,1H3,(H,20,24)(H,22,23)/b21-9+. The van der Waals surface area contributed by atoms with E-state index in [0.29, 0.717) is 10.8 Å². The molecule has 0 atom stereocenters. The van der Waals surface area contributed by atoms with Crippen LogP contribution in [-0.4, -0.2) is 31.7 Å². The number of ether oxygens (including phenoxy) is 1. The predicted octanol–water partition coefficient (Wildman–Crippen LogP) is 2.88. The molecular weight excluding hydrogens is 365 g/mol. The second-order valence-electron chi connectivity index (χ2n) is 4.88. The highest BCUT2D eigenvalue weighted by Crippen LogP contribution is 2.20. The van der Waals surface area contributed by atoms with E-state index in [0.717, 1.165) is 5.56 Å². The van der Waals surface area contributed by atoms with Gasteiger partial charge in [0.25, 0.3) is 11.8 Å². The number of nitrogens with one attached hydrogen (secondary N) is 2. The van der Waals surface area contributed by atoms with Crippen molar-refractivity contribution in [2.45, 2.75) is 0 Å². The Hall–Kier alpha value is -2.57. The molecule has 0 saturated heterocycles. The van der Waals surface area contributed by atoms with Crippen LogP contribution in [0.25, 0.3) is 0 Å². The average Bonchev–Trinajstić information content (AvgIpc) is 2.60. The largest absolute Gasteiger partial charge is 0.497 e. The zero-order valence-electron chi connectivity index (χ0n) is 13.3. The van der Waals surface area contributed by atoms with Gasteiger partial charge in [0, 0.05) is 5.02 Å². The lowest BCUT2D eigenvalue weighted by Gasteiger charge is -2.06. The number of methoxy groups -OCH3 is 1. The number of hydrazone groups is 1. The number of hydrogen-bond donors (Lipinski definition) is 2. The molecule has 0 radical (unpaired) electrons. The minimum atomic E-state index is -0.478. The molecule has 0 bridgehead atoms. The van der Waals surface area contributed by atoms with Crippen molar-refractivity contribution in [1.29, 1.82) is 0 Å². The van der Waals surface area contributed by atoms with Gasteiger partial charge >= 0.3 is 0 Å². The first-order valence-electron chi connectivity index (χ1n) is 7.19. The maximum atomic E-state index is 12.0. The molecule has 25 heavy (non-hydrogen) atoms. The summed E-state index contributed by atoms with van der Waals surface area (Å²) in [4.78, 5) is 23.7. The molecule has 0 saturated carbocycles. The summed E-state index contributed by atoms with van der Waals surface area (Å²) >= 11 is 11.7. The van der Waals surface area contributed by atoms with Crippen LogP contribution in [0.4, 0.5) is 0 Å². The fraction of sp³-hybridized carbons (Fsp3) is 0.118. The molecule has 0 aliphatic heterocycles. The van der Waals surface area contributed by atoms with E-state index in [2.05, 4.69) is 15.8 Å². The van der Waals surface area contributed by atoms with Crippen molar-refractivity contribution in [2.75, 3.05) is 13.7 Å². The van der Waals surface area contributed by atoms with Crippen LogP contribution in [0, 0.1) is 0 Å². The van der Waals surface area contributed by atoms with Gasteiger partial charge in [0.15, 0.2) is 0 Å². The minimum absolute atomic E-state index is 0.210. The smallest absolute Gasteiger partial charge is 0.259 e. The van der Waals surface area contributed by atoms with Gasteiger partial charge in [0.2, 0.25) is 0 Å². The number of nitrogens with zero attached hydrogens (tertiary/aromatic N) is 1. The molecule has 0 aliphatic carbocycles. The van der Waals surface area contributed by atoms with Gasteiger partial charge in [-0.3, -0.25) is 9.59 Å². The second kappa shape index (κ2) is 9.05. The molecule has 2 amide bonds. The summed E-state index contributed by atoms with van der Waals surface area (Å²) in [6.45, 7) is -0.243. The number of rotatable bonds is 6. The molecule has 2 N–H and O–H groups in total. The van der Waals surface area contributed by atoms with E-state index in [1.165, 1.54) is 18.3 Å². The Labute approximate surface area is 154 Å². The van der Waals surface area contributed by atoms with E-state index in [1.807, 2.05) is 6.07 Å². The normalized spacial score (nSPS) is 10.5. The van der Waals surface area contributed by atoms with Crippen LogP contribution in [0.2, 0.25) is 10.0 Å². The van der Waals surface area contributed by atoms with Crippen molar-refractivity contribution in [3.05, 3.63) is 63.6 Å². The Morgan fingerprint density at radius 1 is 1.20 bits per heavy atom. The quantitative estimate of drug-likeness (QED) is 0.598. The fourth-order valence-electron chi connectivity index (χ4n) is 1.87. The summed E-state index contributed by atoms with van der Waals surface area (Å²) in [6.07, 6.45) is 1.47. The van der Waals surface area contributed by atoms with Crippen LogP contribution in [0.3, 0.4) is 0 Å².